The Labute approximate surface area is 101 Å². The second-order valence-corrected chi connectivity index (χ2v) is 6.33. The molecule has 0 amide bonds. The summed E-state index contributed by atoms with van der Waals surface area (Å²) < 4.78 is 22.2. The number of hydrogen-bond acceptors (Lipinski definition) is 4. The first-order valence-corrected chi connectivity index (χ1v) is 6.56. The number of sulfonamides is 1. The van der Waals surface area contributed by atoms with E-state index in [1.165, 1.54) is 12.1 Å². The average Bonchev–Trinajstić information content (AvgIpc) is 2.16. The first-order valence-electron chi connectivity index (χ1n) is 5.02. The summed E-state index contributed by atoms with van der Waals surface area (Å²) in [5.41, 5.74) is 0.809. The molecule has 0 aliphatic carbocycles. The molecular weight excluding hydrogens is 240 g/mol. The van der Waals surface area contributed by atoms with Crippen molar-refractivity contribution in [1.29, 1.82) is 0 Å². The molecule has 0 bridgehead atoms. The fraction of sp³-hybridized carbons (Fsp3) is 0.364. The molecule has 6 heteroatoms. The second kappa shape index (κ2) is 4.46. The highest BCUT2D eigenvalue weighted by Crippen LogP contribution is 2.22. The predicted octanol–water partition coefficient (Wildman–Crippen LogP) is 1.56. The van der Waals surface area contributed by atoms with Crippen LogP contribution in [0.2, 0.25) is 0 Å². The lowest BCUT2D eigenvalue weighted by Crippen LogP contribution is -2.21. The number of hydrogen-bond donors (Lipinski definition) is 2. The molecule has 0 saturated carbocycles. The lowest BCUT2D eigenvalue weighted by atomic mass is 9.86. The van der Waals surface area contributed by atoms with E-state index < -0.39 is 10.0 Å². The van der Waals surface area contributed by atoms with Crippen molar-refractivity contribution < 1.29 is 13.6 Å². The molecule has 0 atom stereocenters. The zero-order valence-electron chi connectivity index (χ0n) is 10.0. The SMILES string of the molecule is CC(C)(C)C(=NO)c1ccc(S(N)(=O)=O)cc1. The van der Waals surface area contributed by atoms with Crippen LogP contribution < -0.4 is 5.14 Å². The molecule has 0 saturated heterocycles. The topological polar surface area (TPSA) is 92.8 Å². The van der Waals surface area contributed by atoms with Crippen LogP contribution in [-0.4, -0.2) is 19.3 Å². The van der Waals surface area contributed by atoms with Crippen molar-refractivity contribution in [3.63, 3.8) is 0 Å². The van der Waals surface area contributed by atoms with Crippen LogP contribution in [0, 0.1) is 5.41 Å². The maximum Gasteiger partial charge on any atom is 0.238 e. The minimum Gasteiger partial charge on any atom is -0.411 e. The third-order valence-corrected chi connectivity index (χ3v) is 3.20. The molecule has 0 unspecified atom stereocenters. The van der Waals surface area contributed by atoms with Crippen LogP contribution in [0.5, 0.6) is 0 Å². The Morgan fingerprint density at radius 1 is 1.24 bits per heavy atom. The molecule has 1 rings (SSSR count). The number of rotatable bonds is 2. The van der Waals surface area contributed by atoms with Gasteiger partial charge in [0.15, 0.2) is 0 Å². The summed E-state index contributed by atoms with van der Waals surface area (Å²) in [6, 6.07) is 5.92. The number of oxime groups is 1. The molecule has 1 aromatic carbocycles. The molecule has 0 spiro atoms. The van der Waals surface area contributed by atoms with Crippen LogP contribution in [0.25, 0.3) is 0 Å². The molecule has 0 fully saturated rings. The van der Waals surface area contributed by atoms with E-state index in [9.17, 15) is 8.42 Å². The molecule has 0 aromatic heterocycles. The van der Waals surface area contributed by atoms with Crippen molar-refractivity contribution in [1.82, 2.24) is 0 Å². The minimum absolute atomic E-state index is 0.0347. The Morgan fingerprint density at radius 3 is 2.00 bits per heavy atom. The first-order chi connectivity index (χ1) is 7.66. The van der Waals surface area contributed by atoms with Gasteiger partial charge in [-0.05, 0) is 17.7 Å². The molecule has 17 heavy (non-hydrogen) atoms. The molecular formula is C11H16N2O3S. The van der Waals surface area contributed by atoms with Gasteiger partial charge < -0.3 is 5.21 Å². The molecule has 94 valence electrons. The van der Waals surface area contributed by atoms with Crippen LogP contribution in [-0.2, 0) is 10.0 Å². The van der Waals surface area contributed by atoms with Gasteiger partial charge in [0.05, 0.1) is 10.6 Å². The van der Waals surface area contributed by atoms with Gasteiger partial charge >= 0.3 is 0 Å². The van der Waals surface area contributed by atoms with Crippen LogP contribution >= 0.6 is 0 Å². The number of benzene rings is 1. The summed E-state index contributed by atoms with van der Waals surface area (Å²) in [5, 5.41) is 17.2. The Bertz CT molecular complexity index is 525. The lowest BCUT2D eigenvalue weighted by Gasteiger charge is -2.20. The summed E-state index contributed by atoms with van der Waals surface area (Å²) in [6.07, 6.45) is 0. The quantitative estimate of drug-likeness (QED) is 0.477. The van der Waals surface area contributed by atoms with E-state index in [2.05, 4.69) is 5.16 Å². The lowest BCUT2D eigenvalue weighted by molar-refractivity contribution is 0.311. The number of nitrogens with zero attached hydrogens (tertiary/aromatic N) is 1. The van der Waals surface area contributed by atoms with E-state index >= 15 is 0 Å². The molecule has 0 aliphatic heterocycles. The van der Waals surface area contributed by atoms with E-state index in [4.69, 9.17) is 10.3 Å². The monoisotopic (exact) mass is 256 g/mol. The van der Waals surface area contributed by atoms with Gasteiger partial charge in [0.1, 0.15) is 0 Å². The average molecular weight is 256 g/mol. The van der Waals surface area contributed by atoms with Gasteiger partial charge in [-0.3, -0.25) is 0 Å². The third-order valence-electron chi connectivity index (χ3n) is 2.27. The van der Waals surface area contributed by atoms with Gasteiger partial charge in [0.25, 0.3) is 0 Å². The normalized spacial score (nSPS) is 13.8. The van der Waals surface area contributed by atoms with Gasteiger partial charge in [-0.25, -0.2) is 13.6 Å². The molecule has 0 aliphatic rings. The van der Waals surface area contributed by atoms with Crippen molar-refractivity contribution in [2.75, 3.05) is 0 Å². The van der Waals surface area contributed by atoms with E-state index in [-0.39, 0.29) is 10.3 Å². The zero-order valence-corrected chi connectivity index (χ0v) is 10.8. The summed E-state index contributed by atoms with van der Waals surface area (Å²) in [5.74, 6) is 0. The minimum atomic E-state index is -3.69. The highest BCUT2D eigenvalue weighted by molar-refractivity contribution is 7.89. The predicted molar refractivity (Wildman–Crippen MR) is 65.6 cm³/mol. The maximum absolute atomic E-state index is 11.1. The fourth-order valence-electron chi connectivity index (χ4n) is 1.44. The van der Waals surface area contributed by atoms with Crippen molar-refractivity contribution in [3.05, 3.63) is 29.8 Å². The maximum atomic E-state index is 11.1. The van der Waals surface area contributed by atoms with Crippen LogP contribution in [0.1, 0.15) is 26.3 Å². The van der Waals surface area contributed by atoms with E-state index in [0.717, 1.165) is 0 Å². The third kappa shape index (κ3) is 3.28. The summed E-state index contributed by atoms with van der Waals surface area (Å²) in [7, 11) is -3.69. The Morgan fingerprint density at radius 2 is 1.71 bits per heavy atom. The molecule has 3 N–H and O–H groups in total. The zero-order chi connectivity index (χ0) is 13.3. The number of primary sulfonamides is 1. The summed E-state index contributed by atoms with van der Waals surface area (Å²) in [4.78, 5) is 0.0347. The van der Waals surface area contributed by atoms with Crippen molar-refractivity contribution in [2.45, 2.75) is 25.7 Å². The van der Waals surface area contributed by atoms with E-state index in [1.807, 2.05) is 20.8 Å². The molecule has 1 aromatic rings. The van der Waals surface area contributed by atoms with E-state index in [0.29, 0.717) is 11.3 Å². The summed E-state index contributed by atoms with van der Waals surface area (Å²) >= 11 is 0. The molecule has 5 nitrogen and oxygen atoms in total. The van der Waals surface area contributed by atoms with Crippen molar-refractivity contribution in [2.24, 2.45) is 15.7 Å². The van der Waals surface area contributed by atoms with Gasteiger partial charge in [-0.1, -0.05) is 38.1 Å². The smallest absolute Gasteiger partial charge is 0.238 e. The molecule has 0 heterocycles. The Kier molecular flexibility index (Phi) is 3.59. The highest BCUT2D eigenvalue weighted by Gasteiger charge is 2.21. The first kappa shape index (κ1) is 13.7. The van der Waals surface area contributed by atoms with Gasteiger partial charge in [0, 0.05) is 5.41 Å². The standard InChI is InChI=1S/C11H16N2O3S/c1-11(2,3)10(13-14)8-4-6-9(7-5-8)17(12,15)16/h4-7,14H,1-3H3,(H2,12,15,16). The van der Waals surface area contributed by atoms with Gasteiger partial charge in [0.2, 0.25) is 10.0 Å². The van der Waals surface area contributed by atoms with Crippen molar-refractivity contribution in [3.8, 4) is 0 Å². The van der Waals surface area contributed by atoms with Crippen molar-refractivity contribution >= 4 is 15.7 Å². The van der Waals surface area contributed by atoms with E-state index in [1.54, 1.807) is 12.1 Å². The van der Waals surface area contributed by atoms with Gasteiger partial charge in [-0.2, -0.15) is 0 Å². The number of nitrogens with two attached hydrogens (primary N) is 1. The second-order valence-electron chi connectivity index (χ2n) is 4.77. The van der Waals surface area contributed by atoms with Crippen LogP contribution in [0.4, 0.5) is 0 Å². The van der Waals surface area contributed by atoms with Crippen LogP contribution in [0.15, 0.2) is 34.3 Å². The van der Waals surface area contributed by atoms with Gasteiger partial charge in [-0.15, -0.1) is 0 Å². The fourth-order valence-corrected chi connectivity index (χ4v) is 1.96. The largest absolute Gasteiger partial charge is 0.411 e. The molecule has 0 radical (unpaired) electrons. The summed E-state index contributed by atoms with van der Waals surface area (Å²) in [6.45, 7) is 5.70. The Balaban J connectivity index is 3.20. The van der Waals surface area contributed by atoms with Crippen LogP contribution in [0.3, 0.4) is 0 Å². The Hall–Kier alpha value is -1.40. The highest BCUT2D eigenvalue weighted by atomic mass is 32.2.